The second-order valence-corrected chi connectivity index (χ2v) is 8.12. The summed E-state index contributed by atoms with van der Waals surface area (Å²) in [7, 11) is 0. The number of aldehydes is 1. The van der Waals surface area contributed by atoms with Crippen molar-refractivity contribution in [3.8, 4) is 0 Å². The number of hydrogen-bond acceptors (Lipinski definition) is 9. The molecule has 0 saturated heterocycles. The fourth-order valence-corrected chi connectivity index (χ4v) is 3.21. The number of aliphatic imine (C=N–C) groups is 1. The van der Waals surface area contributed by atoms with Gasteiger partial charge in [-0.05, 0) is 45.4 Å². The fourth-order valence-electron chi connectivity index (χ4n) is 3.21. The minimum absolute atomic E-state index is 0.0389. The molecule has 1 aliphatic heterocycles. The summed E-state index contributed by atoms with van der Waals surface area (Å²) in [5, 5.41) is 12.5. The average molecular weight is 447 g/mol. The van der Waals surface area contributed by atoms with E-state index in [9.17, 15) is 14.4 Å². The maximum Gasteiger partial charge on any atom is 0.303 e. The molecule has 0 aromatic heterocycles. The normalized spacial score (nSPS) is 20.5. The van der Waals surface area contributed by atoms with Gasteiger partial charge in [0.15, 0.2) is 0 Å². The van der Waals surface area contributed by atoms with E-state index in [0.29, 0.717) is 31.1 Å². The number of nitrogens with two attached hydrogens (primary N) is 1. The third-order valence-electron chi connectivity index (χ3n) is 5.13. The van der Waals surface area contributed by atoms with Crippen LogP contribution in [0.3, 0.4) is 0 Å². The van der Waals surface area contributed by atoms with Gasteiger partial charge in [0, 0.05) is 44.1 Å². The minimum atomic E-state index is -0.374. The summed E-state index contributed by atoms with van der Waals surface area (Å²) in [5.74, 6) is -0.0182. The first-order valence-electron chi connectivity index (χ1n) is 11.2. The molecule has 10 nitrogen and oxygen atoms in total. The summed E-state index contributed by atoms with van der Waals surface area (Å²) in [6, 6.07) is -0.147. The molecule has 1 heterocycles. The van der Waals surface area contributed by atoms with Gasteiger partial charge in [-0.25, -0.2) is 5.01 Å². The van der Waals surface area contributed by atoms with Crippen molar-refractivity contribution in [2.45, 2.75) is 70.9 Å². The topological polar surface area (TPSA) is 139 Å². The Morgan fingerprint density at radius 2 is 2.12 bits per heavy atom. The second-order valence-electron chi connectivity index (χ2n) is 8.12. The standard InChI is InChI=1S/C22H34N6O4/c1-16(14-29)25-21(19-13-20(19)23)7-3-5-10-24-22(31)8-4-6-11-28-12-9-18(26-27-28)15-32-17(2)30/h12,14,16,19-20H,3-8,10-11,13,15,23H2,1-2H3,(H,24,31). The molecule has 176 valence electrons. The first-order valence-corrected chi connectivity index (χ1v) is 11.2. The maximum absolute atomic E-state index is 12.0. The number of nitrogens with one attached hydrogen (secondary N) is 1. The Labute approximate surface area is 189 Å². The molecule has 2 aliphatic rings. The third kappa shape index (κ3) is 9.98. The Hall–Kier alpha value is -2.84. The number of esters is 1. The Morgan fingerprint density at radius 3 is 2.75 bits per heavy atom. The van der Waals surface area contributed by atoms with E-state index < -0.39 is 0 Å². The highest BCUT2D eigenvalue weighted by Gasteiger charge is 2.37. The van der Waals surface area contributed by atoms with Crippen LogP contribution < -0.4 is 11.1 Å². The Balaban J connectivity index is 1.52. The lowest BCUT2D eigenvalue weighted by Gasteiger charge is -2.14. The molecule has 1 fully saturated rings. The predicted molar refractivity (Wildman–Crippen MR) is 120 cm³/mol. The molecular weight excluding hydrogens is 412 g/mol. The van der Waals surface area contributed by atoms with Crippen molar-refractivity contribution in [2.75, 3.05) is 19.7 Å². The van der Waals surface area contributed by atoms with Crippen molar-refractivity contribution in [1.82, 2.24) is 10.3 Å². The van der Waals surface area contributed by atoms with Crippen LogP contribution in [-0.2, 0) is 19.1 Å². The lowest BCUT2D eigenvalue weighted by Crippen LogP contribution is -2.24. The minimum Gasteiger partial charge on any atom is -0.459 e. The van der Waals surface area contributed by atoms with Gasteiger partial charge in [0.2, 0.25) is 5.91 Å². The SMILES string of the molecule is CC(=O)OCC1=C=CN(CCCCC(=O)NCCCCC(=NC(C)C=O)C2CC2N)N=N1. The molecule has 2 rings (SSSR count). The molecule has 0 bridgehead atoms. The first-order chi connectivity index (χ1) is 15.4. The number of nitrogens with zero attached hydrogens (tertiary/aromatic N) is 4. The molecule has 0 aromatic carbocycles. The maximum atomic E-state index is 12.0. The molecule has 3 atom stereocenters. The van der Waals surface area contributed by atoms with Gasteiger partial charge < -0.3 is 20.6 Å². The summed E-state index contributed by atoms with van der Waals surface area (Å²) < 4.78 is 4.84. The van der Waals surface area contributed by atoms with E-state index in [4.69, 9.17) is 10.5 Å². The number of unbranched alkanes of at least 4 members (excludes halogenated alkanes) is 2. The van der Waals surface area contributed by atoms with Crippen LogP contribution in [-0.4, -0.2) is 60.7 Å². The number of rotatable bonds is 15. The van der Waals surface area contributed by atoms with Crippen molar-refractivity contribution >= 4 is 23.9 Å². The van der Waals surface area contributed by atoms with Gasteiger partial charge in [0.1, 0.15) is 24.6 Å². The highest BCUT2D eigenvalue weighted by molar-refractivity contribution is 5.91. The molecule has 0 radical (unpaired) electrons. The Bertz CT molecular complexity index is 787. The highest BCUT2D eigenvalue weighted by Crippen LogP contribution is 2.31. The summed E-state index contributed by atoms with van der Waals surface area (Å²) in [4.78, 5) is 38.1. The van der Waals surface area contributed by atoms with Crippen LogP contribution in [0.5, 0.6) is 0 Å². The van der Waals surface area contributed by atoms with Crippen molar-refractivity contribution in [3.63, 3.8) is 0 Å². The van der Waals surface area contributed by atoms with Crippen LogP contribution in [0.25, 0.3) is 0 Å². The first kappa shape index (κ1) is 25.4. The molecule has 3 N–H and O–H groups in total. The van der Waals surface area contributed by atoms with Gasteiger partial charge in [-0.3, -0.25) is 14.6 Å². The van der Waals surface area contributed by atoms with Gasteiger partial charge in [-0.15, -0.1) is 5.11 Å². The summed E-state index contributed by atoms with van der Waals surface area (Å²) in [5.41, 5.74) is 10.3. The zero-order chi connectivity index (χ0) is 23.3. The Kier molecular flexibility index (Phi) is 10.8. The van der Waals surface area contributed by atoms with Crippen LogP contribution >= 0.6 is 0 Å². The van der Waals surface area contributed by atoms with Crippen LogP contribution in [0.2, 0.25) is 0 Å². The summed E-state index contributed by atoms with van der Waals surface area (Å²) >= 11 is 0. The summed E-state index contributed by atoms with van der Waals surface area (Å²) in [6.07, 6.45) is 8.05. The van der Waals surface area contributed by atoms with Crippen molar-refractivity contribution < 1.29 is 19.1 Å². The monoisotopic (exact) mass is 446 g/mol. The van der Waals surface area contributed by atoms with Crippen LogP contribution in [0.15, 0.2) is 33.0 Å². The second kappa shape index (κ2) is 13.5. The number of carbonyl (C=O) groups is 3. The number of ether oxygens (including phenoxy) is 1. The smallest absolute Gasteiger partial charge is 0.303 e. The number of carbonyl (C=O) groups excluding carboxylic acids is 3. The van der Waals surface area contributed by atoms with Gasteiger partial charge in [-0.1, -0.05) is 11.0 Å². The van der Waals surface area contributed by atoms with Gasteiger partial charge in [-0.2, -0.15) is 0 Å². The lowest BCUT2D eigenvalue weighted by atomic mass is 10.1. The molecule has 0 aromatic rings. The van der Waals surface area contributed by atoms with Crippen molar-refractivity contribution in [1.29, 1.82) is 0 Å². The predicted octanol–water partition coefficient (Wildman–Crippen LogP) is 2.06. The quantitative estimate of drug-likeness (QED) is 0.130. The molecule has 0 spiro atoms. The molecule has 1 aliphatic carbocycles. The highest BCUT2D eigenvalue weighted by atomic mass is 16.5. The zero-order valence-corrected chi connectivity index (χ0v) is 19.0. The Morgan fingerprint density at radius 1 is 1.38 bits per heavy atom. The van der Waals surface area contributed by atoms with Crippen molar-refractivity contribution in [2.24, 2.45) is 27.0 Å². The van der Waals surface area contributed by atoms with E-state index in [-0.39, 0.29) is 30.6 Å². The summed E-state index contributed by atoms with van der Waals surface area (Å²) in [6.45, 7) is 4.44. The molecule has 3 unspecified atom stereocenters. The van der Waals surface area contributed by atoms with Gasteiger partial charge >= 0.3 is 5.97 Å². The van der Waals surface area contributed by atoms with E-state index in [0.717, 1.165) is 50.5 Å². The molecule has 32 heavy (non-hydrogen) atoms. The molecule has 1 amide bonds. The van der Waals surface area contributed by atoms with Gasteiger partial charge in [0.05, 0.1) is 6.20 Å². The zero-order valence-electron chi connectivity index (χ0n) is 19.0. The van der Waals surface area contributed by atoms with Crippen LogP contribution in [0, 0.1) is 5.92 Å². The molecule has 1 saturated carbocycles. The average Bonchev–Trinajstić information content (AvgIpc) is 3.51. The number of hydrogen-bond donors (Lipinski definition) is 2. The third-order valence-corrected chi connectivity index (χ3v) is 5.13. The van der Waals surface area contributed by atoms with Gasteiger partial charge in [0.25, 0.3) is 0 Å². The van der Waals surface area contributed by atoms with Crippen LogP contribution in [0.1, 0.15) is 58.8 Å². The van der Waals surface area contributed by atoms with E-state index in [1.54, 1.807) is 18.1 Å². The number of amides is 1. The molecular formula is C22H34N6O4. The van der Waals surface area contributed by atoms with E-state index in [1.807, 2.05) is 0 Å². The lowest BCUT2D eigenvalue weighted by molar-refractivity contribution is -0.140. The fraction of sp³-hybridized carbons (Fsp3) is 0.682. The van der Waals surface area contributed by atoms with E-state index in [2.05, 4.69) is 26.4 Å². The van der Waals surface area contributed by atoms with E-state index >= 15 is 0 Å². The van der Waals surface area contributed by atoms with E-state index in [1.165, 1.54) is 6.92 Å². The van der Waals surface area contributed by atoms with Crippen molar-refractivity contribution in [3.05, 3.63) is 17.6 Å². The molecule has 10 heteroatoms. The van der Waals surface area contributed by atoms with Crippen LogP contribution in [0.4, 0.5) is 0 Å². The largest absolute Gasteiger partial charge is 0.459 e.